The lowest BCUT2D eigenvalue weighted by molar-refractivity contribution is -0.136. The van der Waals surface area contributed by atoms with E-state index < -0.39 is 11.8 Å². The lowest BCUT2D eigenvalue weighted by atomic mass is 10.1. The minimum absolute atomic E-state index is 0.0154. The van der Waals surface area contributed by atoms with Gasteiger partial charge < -0.3 is 15.2 Å². The van der Waals surface area contributed by atoms with E-state index in [1.165, 1.54) is 0 Å². The number of benzene rings is 1. The number of hydrogen-bond donors (Lipinski definition) is 2. The van der Waals surface area contributed by atoms with Gasteiger partial charge in [-0.15, -0.1) is 0 Å². The Bertz CT molecular complexity index is 765. The molecule has 134 valence electrons. The fourth-order valence-electron chi connectivity index (χ4n) is 2.65. The molecule has 2 amide bonds. The first-order valence-electron chi connectivity index (χ1n) is 8.23. The molecule has 0 aliphatic heterocycles. The molecule has 0 aliphatic rings. The summed E-state index contributed by atoms with van der Waals surface area (Å²) in [4.78, 5) is 26.2. The molecule has 2 N–H and O–H groups in total. The van der Waals surface area contributed by atoms with Crippen molar-refractivity contribution in [1.82, 2.24) is 14.8 Å². The zero-order chi connectivity index (χ0) is 18.6. The van der Waals surface area contributed by atoms with Gasteiger partial charge in [-0.3, -0.25) is 14.5 Å². The Morgan fingerprint density at radius 1 is 1.12 bits per heavy atom. The molecule has 1 heterocycles. The van der Waals surface area contributed by atoms with Gasteiger partial charge in [-0.05, 0) is 63.3 Å². The summed E-state index contributed by atoms with van der Waals surface area (Å²) in [6, 6.07) is 9.51. The molecule has 0 fully saturated rings. The van der Waals surface area contributed by atoms with Crippen LogP contribution in [0.3, 0.4) is 0 Å². The van der Waals surface area contributed by atoms with Gasteiger partial charge in [-0.2, -0.15) is 0 Å². The Morgan fingerprint density at radius 2 is 1.84 bits per heavy atom. The second kappa shape index (κ2) is 7.98. The Labute approximate surface area is 148 Å². The third kappa shape index (κ3) is 4.70. The van der Waals surface area contributed by atoms with Crippen molar-refractivity contribution in [3.8, 4) is 0 Å². The van der Waals surface area contributed by atoms with Crippen LogP contribution in [0, 0.1) is 13.8 Å². The van der Waals surface area contributed by atoms with Crippen molar-refractivity contribution in [3.63, 3.8) is 0 Å². The standard InChI is InChI=1S/C19H26N4O2/c1-13-8-9-15(11-14(13)2)21-19(25)18(24)20-12-17(22(3)4)16-7-6-10-23(16)5/h6-11,17H,12H2,1-5H3,(H,20,24)(H,21,25)/t17-/m0/s1. The monoisotopic (exact) mass is 342 g/mol. The molecule has 0 radical (unpaired) electrons. The number of aryl methyl sites for hydroxylation is 3. The molecule has 1 aromatic carbocycles. The van der Waals surface area contributed by atoms with Crippen molar-refractivity contribution >= 4 is 17.5 Å². The van der Waals surface area contributed by atoms with Crippen molar-refractivity contribution in [3.05, 3.63) is 53.3 Å². The Balaban J connectivity index is 1.97. The van der Waals surface area contributed by atoms with Crippen LogP contribution in [-0.4, -0.2) is 41.9 Å². The highest BCUT2D eigenvalue weighted by atomic mass is 16.2. The van der Waals surface area contributed by atoms with Crippen molar-refractivity contribution in [2.24, 2.45) is 7.05 Å². The van der Waals surface area contributed by atoms with Crippen LogP contribution in [0.4, 0.5) is 5.69 Å². The predicted molar refractivity (Wildman–Crippen MR) is 99.4 cm³/mol. The summed E-state index contributed by atoms with van der Waals surface area (Å²) in [5.41, 5.74) is 3.89. The molecular weight excluding hydrogens is 316 g/mol. The molecule has 6 nitrogen and oxygen atoms in total. The van der Waals surface area contributed by atoms with Crippen LogP contribution < -0.4 is 10.6 Å². The molecule has 6 heteroatoms. The van der Waals surface area contributed by atoms with E-state index in [4.69, 9.17) is 0 Å². The van der Waals surface area contributed by atoms with Crippen LogP contribution in [0.15, 0.2) is 36.5 Å². The maximum absolute atomic E-state index is 12.1. The number of aromatic nitrogens is 1. The van der Waals surface area contributed by atoms with Crippen LogP contribution in [0.5, 0.6) is 0 Å². The van der Waals surface area contributed by atoms with Crippen molar-refractivity contribution < 1.29 is 9.59 Å². The lowest BCUT2D eigenvalue weighted by Crippen LogP contribution is -2.40. The van der Waals surface area contributed by atoms with E-state index in [1.807, 2.05) is 74.9 Å². The number of amides is 2. The van der Waals surface area contributed by atoms with E-state index in [0.717, 1.165) is 16.8 Å². The summed E-state index contributed by atoms with van der Waals surface area (Å²) >= 11 is 0. The highest BCUT2D eigenvalue weighted by Gasteiger charge is 2.20. The van der Waals surface area contributed by atoms with Gasteiger partial charge in [0.1, 0.15) is 0 Å². The third-order valence-corrected chi connectivity index (χ3v) is 4.38. The van der Waals surface area contributed by atoms with Gasteiger partial charge in [-0.1, -0.05) is 6.07 Å². The highest BCUT2D eigenvalue weighted by molar-refractivity contribution is 6.39. The number of likely N-dealkylation sites (N-methyl/N-ethyl adjacent to an activating group) is 1. The van der Waals surface area contributed by atoms with Crippen LogP contribution >= 0.6 is 0 Å². The number of nitrogens with one attached hydrogen (secondary N) is 2. The average Bonchev–Trinajstić information content (AvgIpc) is 2.96. The molecule has 1 aromatic heterocycles. The maximum Gasteiger partial charge on any atom is 0.313 e. The average molecular weight is 342 g/mol. The second-order valence-corrected chi connectivity index (χ2v) is 6.49. The van der Waals surface area contributed by atoms with E-state index >= 15 is 0 Å². The quantitative estimate of drug-likeness (QED) is 0.817. The summed E-state index contributed by atoms with van der Waals surface area (Å²) in [7, 11) is 5.85. The predicted octanol–water partition coefficient (Wildman–Crippen LogP) is 2.00. The molecule has 0 spiro atoms. The summed E-state index contributed by atoms with van der Waals surface area (Å²) in [5.74, 6) is -1.30. The molecule has 0 unspecified atom stereocenters. The highest BCUT2D eigenvalue weighted by Crippen LogP contribution is 2.17. The summed E-state index contributed by atoms with van der Waals surface area (Å²) in [6.45, 7) is 4.31. The summed E-state index contributed by atoms with van der Waals surface area (Å²) < 4.78 is 2.01. The van der Waals surface area contributed by atoms with Gasteiger partial charge in [0.2, 0.25) is 0 Å². The van der Waals surface area contributed by atoms with E-state index in [1.54, 1.807) is 6.07 Å². The van der Waals surface area contributed by atoms with E-state index in [9.17, 15) is 9.59 Å². The molecule has 0 saturated heterocycles. The summed E-state index contributed by atoms with van der Waals surface area (Å²) in [6.07, 6.45) is 1.96. The van der Waals surface area contributed by atoms with Gasteiger partial charge in [0.25, 0.3) is 0 Å². The van der Waals surface area contributed by atoms with Crippen molar-refractivity contribution in [2.45, 2.75) is 19.9 Å². The smallest absolute Gasteiger partial charge is 0.313 e. The van der Waals surface area contributed by atoms with Gasteiger partial charge >= 0.3 is 11.8 Å². The normalized spacial score (nSPS) is 12.1. The Morgan fingerprint density at radius 3 is 2.40 bits per heavy atom. The van der Waals surface area contributed by atoms with Crippen molar-refractivity contribution in [2.75, 3.05) is 26.0 Å². The molecule has 0 bridgehead atoms. The van der Waals surface area contributed by atoms with Crippen molar-refractivity contribution in [1.29, 1.82) is 0 Å². The van der Waals surface area contributed by atoms with Crippen LogP contribution in [-0.2, 0) is 16.6 Å². The molecule has 0 saturated carbocycles. The minimum Gasteiger partial charge on any atom is -0.353 e. The lowest BCUT2D eigenvalue weighted by Gasteiger charge is -2.25. The number of rotatable bonds is 5. The molecular formula is C19H26N4O2. The molecule has 0 aliphatic carbocycles. The Kier molecular flexibility index (Phi) is 5.98. The zero-order valence-corrected chi connectivity index (χ0v) is 15.5. The van der Waals surface area contributed by atoms with E-state index in [-0.39, 0.29) is 6.04 Å². The summed E-state index contributed by atoms with van der Waals surface area (Å²) in [5, 5.41) is 5.36. The van der Waals surface area contributed by atoms with Gasteiger partial charge in [0.15, 0.2) is 0 Å². The zero-order valence-electron chi connectivity index (χ0n) is 15.5. The number of nitrogens with zero attached hydrogens (tertiary/aromatic N) is 2. The maximum atomic E-state index is 12.1. The first-order chi connectivity index (χ1) is 11.8. The van der Waals surface area contributed by atoms with E-state index in [2.05, 4.69) is 10.6 Å². The second-order valence-electron chi connectivity index (χ2n) is 6.49. The fraction of sp³-hybridized carbons (Fsp3) is 0.368. The van der Waals surface area contributed by atoms with Gasteiger partial charge in [0, 0.05) is 31.2 Å². The number of carbonyl (C=O) groups excluding carboxylic acids is 2. The van der Waals surface area contributed by atoms with Gasteiger partial charge in [-0.25, -0.2) is 0 Å². The molecule has 25 heavy (non-hydrogen) atoms. The number of anilines is 1. The SMILES string of the molecule is Cc1ccc(NC(=O)C(=O)NC[C@@H](c2cccn2C)N(C)C)cc1C. The molecule has 1 atom stereocenters. The van der Waals surface area contributed by atoms with Crippen LogP contribution in [0.25, 0.3) is 0 Å². The van der Waals surface area contributed by atoms with E-state index in [0.29, 0.717) is 12.2 Å². The topological polar surface area (TPSA) is 66.4 Å². The number of hydrogen-bond acceptors (Lipinski definition) is 3. The Hall–Kier alpha value is -2.60. The van der Waals surface area contributed by atoms with Crippen LogP contribution in [0.2, 0.25) is 0 Å². The number of carbonyl (C=O) groups is 2. The largest absolute Gasteiger partial charge is 0.353 e. The molecule has 2 aromatic rings. The molecule has 2 rings (SSSR count). The first-order valence-corrected chi connectivity index (χ1v) is 8.23. The fourth-order valence-corrected chi connectivity index (χ4v) is 2.65. The first kappa shape index (κ1) is 18.7. The minimum atomic E-state index is -0.660. The van der Waals surface area contributed by atoms with Gasteiger partial charge in [0.05, 0.1) is 6.04 Å². The van der Waals surface area contributed by atoms with Crippen LogP contribution in [0.1, 0.15) is 22.9 Å². The third-order valence-electron chi connectivity index (χ3n) is 4.38.